The van der Waals surface area contributed by atoms with Gasteiger partial charge in [-0.05, 0) is 41.2 Å². The van der Waals surface area contributed by atoms with Crippen molar-refractivity contribution in [2.45, 2.75) is 59.2 Å². The first kappa shape index (κ1) is 16.7. The van der Waals surface area contributed by atoms with Crippen molar-refractivity contribution in [1.82, 2.24) is 15.2 Å². The van der Waals surface area contributed by atoms with Crippen LogP contribution in [0.5, 0.6) is 0 Å². The lowest BCUT2D eigenvalue weighted by Gasteiger charge is -2.38. The molecule has 2 rings (SSSR count). The Morgan fingerprint density at radius 2 is 2.05 bits per heavy atom. The lowest BCUT2D eigenvalue weighted by atomic mass is 10.1. The number of thiazole rings is 1. The number of nitrogens with zero attached hydrogens (tertiary/aromatic N) is 3. The Kier molecular flexibility index (Phi) is 5.28. The molecular weight excluding hydrogens is 280 g/mol. The summed E-state index contributed by atoms with van der Waals surface area (Å²) >= 11 is 1.87. The molecule has 5 heteroatoms. The minimum Gasteiger partial charge on any atom is -0.343 e. The van der Waals surface area contributed by atoms with E-state index in [0.717, 1.165) is 32.6 Å². The molecule has 21 heavy (non-hydrogen) atoms. The van der Waals surface area contributed by atoms with Crippen molar-refractivity contribution in [2.24, 2.45) is 0 Å². The zero-order valence-electron chi connectivity index (χ0n) is 14.4. The van der Waals surface area contributed by atoms with E-state index in [2.05, 4.69) is 56.8 Å². The van der Waals surface area contributed by atoms with E-state index >= 15 is 0 Å². The quantitative estimate of drug-likeness (QED) is 0.926. The lowest BCUT2D eigenvalue weighted by molar-refractivity contribution is 0.275. The molecule has 0 amide bonds. The third-order valence-electron chi connectivity index (χ3n) is 3.96. The predicted octanol–water partition coefficient (Wildman–Crippen LogP) is 2.73. The molecule has 1 unspecified atom stereocenters. The van der Waals surface area contributed by atoms with E-state index < -0.39 is 0 Å². The van der Waals surface area contributed by atoms with Gasteiger partial charge in [0.2, 0.25) is 0 Å². The molecule has 1 aromatic heterocycles. The van der Waals surface area contributed by atoms with Crippen LogP contribution >= 0.6 is 11.3 Å². The fourth-order valence-electron chi connectivity index (χ4n) is 2.68. The van der Waals surface area contributed by atoms with Gasteiger partial charge in [0.15, 0.2) is 5.13 Å². The average Bonchev–Trinajstić information content (AvgIpc) is 2.78. The van der Waals surface area contributed by atoms with Gasteiger partial charge in [0, 0.05) is 42.6 Å². The maximum Gasteiger partial charge on any atom is 0.186 e. The standard InChI is InChI=1S/C16H30N4S/c1-7-13-14(10-17-16(3,4)5)21-15(18-13)20-9-8-19(6)11-12(20)2/h12,17H,7-11H2,1-6H3. The normalized spacial score (nSPS) is 21.0. The van der Waals surface area contributed by atoms with Crippen LogP contribution in [-0.2, 0) is 13.0 Å². The maximum absolute atomic E-state index is 4.91. The van der Waals surface area contributed by atoms with Crippen LogP contribution in [0.3, 0.4) is 0 Å². The van der Waals surface area contributed by atoms with Gasteiger partial charge in [-0.25, -0.2) is 4.98 Å². The van der Waals surface area contributed by atoms with Gasteiger partial charge in [-0.3, -0.25) is 0 Å². The van der Waals surface area contributed by atoms with Gasteiger partial charge in [0.05, 0.1) is 5.69 Å². The van der Waals surface area contributed by atoms with Crippen LogP contribution in [0.25, 0.3) is 0 Å². The largest absolute Gasteiger partial charge is 0.343 e. The van der Waals surface area contributed by atoms with E-state index in [4.69, 9.17) is 4.98 Å². The molecule has 2 heterocycles. The molecule has 1 aliphatic heterocycles. The summed E-state index contributed by atoms with van der Waals surface area (Å²) < 4.78 is 0. The summed E-state index contributed by atoms with van der Waals surface area (Å²) in [5, 5.41) is 4.80. The van der Waals surface area contributed by atoms with Gasteiger partial charge in [0.25, 0.3) is 0 Å². The van der Waals surface area contributed by atoms with Gasteiger partial charge < -0.3 is 15.1 Å². The van der Waals surface area contributed by atoms with Crippen molar-refractivity contribution >= 4 is 16.5 Å². The number of piperazine rings is 1. The summed E-state index contributed by atoms with van der Waals surface area (Å²) in [4.78, 5) is 11.2. The minimum atomic E-state index is 0.149. The molecule has 1 aliphatic rings. The van der Waals surface area contributed by atoms with Crippen molar-refractivity contribution < 1.29 is 0 Å². The van der Waals surface area contributed by atoms with Crippen LogP contribution in [-0.4, -0.2) is 48.1 Å². The van der Waals surface area contributed by atoms with Crippen LogP contribution in [0.2, 0.25) is 0 Å². The van der Waals surface area contributed by atoms with E-state index in [9.17, 15) is 0 Å². The number of anilines is 1. The van der Waals surface area contributed by atoms with Crippen LogP contribution in [0.4, 0.5) is 5.13 Å². The Labute approximate surface area is 133 Å². The van der Waals surface area contributed by atoms with Gasteiger partial charge in [0.1, 0.15) is 0 Å². The van der Waals surface area contributed by atoms with E-state index in [-0.39, 0.29) is 5.54 Å². The first-order valence-electron chi connectivity index (χ1n) is 7.99. The second-order valence-electron chi connectivity index (χ2n) is 7.13. The topological polar surface area (TPSA) is 31.4 Å². The number of likely N-dealkylation sites (N-methyl/N-ethyl adjacent to an activating group) is 1. The third kappa shape index (κ3) is 4.41. The molecule has 1 fully saturated rings. The van der Waals surface area contributed by atoms with Gasteiger partial charge in [-0.15, -0.1) is 11.3 Å². The number of aromatic nitrogens is 1. The lowest BCUT2D eigenvalue weighted by Crippen LogP contribution is -2.50. The van der Waals surface area contributed by atoms with E-state index in [0.29, 0.717) is 6.04 Å². The first-order valence-corrected chi connectivity index (χ1v) is 8.80. The Hall–Kier alpha value is -0.650. The average molecular weight is 311 g/mol. The molecule has 0 aromatic carbocycles. The number of nitrogens with one attached hydrogen (secondary N) is 1. The Bertz CT molecular complexity index is 463. The van der Waals surface area contributed by atoms with Crippen molar-refractivity contribution in [2.75, 3.05) is 31.6 Å². The summed E-state index contributed by atoms with van der Waals surface area (Å²) in [6.45, 7) is 15.4. The Morgan fingerprint density at radius 3 is 2.62 bits per heavy atom. The molecule has 1 saturated heterocycles. The van der Waals surface area contributed by atoms with Crippen LogP contribution in [0.1, 0.15) is 45.2 Å². The second kappa shape index (κ2) is 6.63. The van der Waals surface area contributed by atoms with Gasteiger partial charge >= 0.3 is 0 Å². The van der Waals surface area contributed by atoms with Crippen LogP contribution < -0.4 is 10.2 Å². The molecule has 0 saturated carbocycles. The van der Waals surface area contributed by atoms with Crippen molar-refractivity contribution in [3.05, 3.63) is 10.6 Å². The zero-order chi connectivity index (χ0) is 15.6. The highest BCUT2D eigenvalue weighted by Crippen LogP contribution is 2.29. The summed E-state index contributed by atoms with van der Waals surface area (Å²) in [6, 6.07) is 0.544. The number of hydrogen-bond acceptors (Lipinski definition) is 5. The zero-order valence-corrected chi connectivity index (χ0v) is 15.2. The van der Waals surface area contributed by atoms with E-state index in [1.807, 2.05) is 11.3 Å². The molecule has 0 radical (unpaired) electrons. The summed E-state index contributed by atoms with van der Waals surface area (Å²) in [5.41, 5.74) is 1.41. The fraction of sp³-hybridized carbons (Fsp3) is 0.812. The fourth-order valence-corrected chi connectivity index (χ4v) is 3.89. The molecule has 1 aromatic rings. The molecule has 0 bridgehead atoms. The number of rotatable bonds is 4. The molecule has 4 nitrogen and oxygen atoms in total. The maximum atomic E-state index is 4.91. The van der Waals surface area contributed by atoms with Crippen molar-refractivity contribution in [1.29, 1.82) is 0 Å². The van der Waals surface area contributed by atoms with Crippen molar-refractivity contribution in [3.63, 3.8) is 0 Å². The third-order valence-corrected chi connectivity index (χ3v) is 5.09. The van der Waals surface area contributed by atoms with Crippen LogP contribution in [0.15, 0.2) is 0 Å². The van der Waals surface area contributed by atoms with E-state index in [1.165, 1.54) is 15.7 Å². The minimum absolute atomic E-state index is 0.149. The Balaban J connectivity index is 2.12. The number of hydrogen-bond donors (Lipinski definition) is 1. The van der Waals surface area contributed by atoms with E-state index in [1.54, 1.807) is 0 Å². The highest BCUT2D eigenvalue weighted by atomic mass is 32.1. The number of aryl methyl sites for hydroxylation is 1. The molecule has 0 spiro atoms. The monoisotopic (exact) mass is 310 g/mol. The summed E-state index contributed by atoms with van der Waals surface area (Å²) in [5.74, 6) is 0. The van der Waals surface area contributed by atoms with Crippen LogP contribution in [0, 0.1) is 0 Å². The first-order chi connectivity index (χ1) is 9.80. The second-order valence-corrected chi connectivity index (χ2v) is 8.19. The molecule has 1 N–H and O–H groups in total. The SMILES string of the molecule is CCc1nc(N2CCN(C)CC2C)sc1CNC(C)(C)C. The highest BCUT2D eigenvalue weighted by Gasteiger charge is 2.25. The molecule has 120 valence electrons. The summed E-state index contributed by atoms with van der Waals surface area (Å²) in [6.07, 6.45) is 1.01. The molecule has 1 atom stereocenters. The Morgan fingerprint density at radius 1 is 1.33 bits per heavy atom. The van der Waals surface area contributed by atoms with Gasteiger partial charge in [-0.1, -0.05) is 6.92 Å². The van der Waals surface area contributed by atoms with Crippen molar-refractivity contribution in [3.8, 4) is 0 Å². The summed E-state index contributed by atoms with van der Waals surface area (Å²) in [7, 11) is 2.20. The predicted molar refractivity (Wildman–Crippen MR) is 92.4 cm³/mol. The smallest absolute Gasteiger partial charge is 0.186 e. The molecular formula is C16H30N4S. The van der Waals surface area contributed by atoms with Gasteiger partial charge in [-0.2, -0.15) is 0 Å². The molecule has 0 aliphatic carbocycles. The highest BCUT2D eigenvalue weighted by molar-refractivity contribution is 7.15.